The van der Waals surface area contributed by atoms with Gasteiger partial charge in [-0.25, -0.2) is 0 Å². The molecule has 0 bridgehead atoms. The molecule has 0 heterocycles. The Morgan fingerprint density at radius 1 is 1.14 bits per heavy atom. The molecule has 2 aromatic rings. The van der Waals surface area contributed by atoms with Gasteiger partial charge in [0.15, 0.2) is 5.78 Å². The highest BCUT2D eigenvalue weighted by Crippen LogP contribution is 2.24. The zero-order chi connectivity index (χ0) is 15.4. The Kier molecular flexibility index (Phi) is 4.81. The second-order valence-corrected chi connectivity index (χ2v) is 5.70. The van der Waals surface area contributed by atoms with Gasteiger partial charge in [-0.1, -0.05) is 12.1 Å². The lowest BCUT2D eigenvalue weighted by Crippen LogP contribution is -2.08. The van der Waals surface area contributed by atoms with Crippen molar-refractivity contribution in [1.29, 1.82) is 0 Å². The molecule has 0 aliphatic rings. The van der Waals surface area contributed by atoms with E-state index in [1.54, 1.807) is 24.3 Å². The van der Waals surface area contributed by atoms with Crippen LogP contribution in [0.25, 0.3) is 6.08 Å². The van der Waals surface area contributed by atoms with Crippen LogP contribution in [0.3, 0.4) is 0 Å². The third kappa shape index (κ3) is 3.95. The molecule has 0 atom stereocenters. The third-order valence-electron chi connectivity index (χ3n) is 3.07. The zero-order valence-electron chi connectivity index (χ0n) is 11.9. The minimum atomic E-state index is -0.0514. The Morgan fingerprint density at radius 3 is 2.38 bits per heavy atom. The fourth-order valence-corrected chi connectivity index (χ4v) is 2.22. The van der Waals surface area contributed by atoms with E-state index in [9.17, 15) is 9.90 Å². The molecule has 21 heavy (non-hydrogen) atoms. The minimum absolute atomic E-state index is 0.0514. The van der Waals surface area contributed by atoms with Crippen molar-refractivity contribution < 1.29 is 9.90 Å². The van der Waals surface area contributed by atoms with Crippen LogP contribution in [-0.4, -0.2) is 25.0 Å². The fourth-order valence-electron chi connectivity index (χ4n) is 1.82. The summed E-state index contributed by atoms with van der Waals surface area (Å²) in [4.78, 5) is 14.1. The van der Waals surface area contributed by atoms with Gasteiger partial charge in [0.05, 0.1) is 4.47 Å². The molecule has 0 amide bonds. The number of phenolic OH excluding ortho intramolecular Hbond substituents is 1. The molecule has 0 spiro atoms. The normalized spacial score (nSPS) is 10.8. The van der Waals surface area contributed by atoms with Crippen LogP contribution >= 0.6 is 15.9 Å². The molecule has 4 heteroatoms. The highest BCUT2D eigenvalue weighted by Gasteiger charge is 2.03. The summed E-state index contributed by atoms with van der Waals surface area (Å²) < 4.78 is 0.604. The predicted octanol–water partition coefficient (Wildman–Crippen LogP) is 4.12. The fraction of sp³-hybridized carbons (Fsp3) is 0.118. The number of rotatable bonds is 4. The van der Waals surface area contributed by atoms with Crippen LogP contribution in [0, 0.1) is 0 Å². The van der Waals surface area contributed by atoms with Gasteiger partial charge in [-0.2, -0.15) is 0 Å². The number of nitrogens with zero attached hydrogens (tertiary/aromatic N) is 1. The molecule has 0 aliphatic heterocycles. The van der Waals surface area contributed by atoms with Crippen LogP contribution in [0.5, 0.6) is 5.75 Å². The van der Waals surface area contributed by atoms with Gasteiger partial charge in [0.25, 0.3) is 0 Å². The quantitative estimate of drug-likeness (QED) is 0.669. The van der Waals surface area contributed by atoms with Crippen LogP contribution in [0.2, 0.25) is 0 Å². The molecule has 0 saturated heterocycles. The molecular weight excluding hydrogens is 330 g/mol. The average Bonchev–Trinajstić information content (AvgIpc) is 2.48. The number of phenols is 1. The summed E-state index contributed by atoms with van der Waals surface area (Å²) in [5, 5.41) is 9.43. The molecule has 2 aromatic carbocycles. The first-order valence-corrected chi connectivity index (χ1v) is 7.25. The van der Waals surface area contributed by atoms with Crippen LogP contribution in [0.4, 0.5) is 5.69 Å². The Balaban J connectivity index is 2.13. The predicted molar refractivity (Wildman–Crippen MR) is 89.9 cm³/mol. The summed E-state index contributed by atoms with van der Waals surface area (Å²) >= 11 is 3.25. The molecule has 3 nitrogen and oxygen atoms in total. The highest BCUT2D eigenvalue weighted by molar-refractivity contribution is 9.10. The first kappa shape index (κ1) is 15.3. The number of ketones is 1. The Labute approximate surface area is 132 Å². The smallest absolute Gasteiger partial charge is 0.185 e. The van der Waals surface area contributed by atoms with E-state index in [0.717, 1.165) is 11.3 Å². The average molecular weight is 346 g/mol. The number of hydrogen-bond donors (Lipinski definition) is 1. The van der Waals surface area contributed by atoms with Crippen molar-refractivity contribution in [3.05, 3.63) is 64.1 Å². The van der Waals surface area contributed by atoms with Crippen molar-refractivity contribution >= 4 is 33.5 Å². The van der Waals surface area contributed by atoms with Crippen LogP contribution in [0.1, 0.15) is 15.9 Å². The Hall–Kier alpha value is -2.07. The number of benzene rings is 2. The summed E-state index contributed by atoms with van der Waals surface area (Å²) in [5.74, 6) is 0.127. The first-order chi connectivity index (χ1) is 9.97. The van der Waals surface area contributed by atoms with Crippen molar-refractivity contribution in [3.8, 4) is 5.75 Å². The molecular formula is C17H16BrNO2. The van der Waals surface area contributed by atoms with Gasteiger partial charge in [0.1, 0.15) is 5.75 Å². The number of carbonyl (C=O) groups is 1. The van der Waals surface area contributed by atoms with E-state index in [1.165, 1.54) is 6.08 Å². The molecule has 2 rings (SSSR count). The van der Waals surface area contributed by atoms with Crippen molar-refractivity contribution in [1.82, 2.24) is 0 Å². The van der Waals surface area contributed by atoms with Crippen molar-refractivity contribution in [2.45, 2.75) is 0 Å². The third-order valence-corrected chi connectivity index (χ3v) is 3.70. The van der Waals surface area contributed by atoms with Gasteiger partial charge in [0.2, 0.25) is 0 Å². The van der Waals surface area contributed by atoms with E-state index < -0.39 is 0 Å². The number of anilines is 1. The van der Waals surface area contributed by atoms with Crippen LogP contribution < -0.4 is 4.90 Å². The molecule has 0 fully saturated rings. The minimum Gasteiger partial charge on any atom is -0.507 e. The number of aromatic hydroxyl groups is 1. The lowest BCUT2D eigenvalue weighted by Gasteiger charge is -2.11. The van der Waals surface area contributed by atoms with E-state index in [2.05, 4.69) is 15.9 Å². The second kappa shape index (κ2) is 6.59. The monoisotopic (exact) mass is 345 g/mol. The molecule has 0 unspecified atom stereocenters. The van der Waals surface area contributed by atoms with Crippen molar-refractivity contribution in [2.75, 3.05) is 19.0 Å². The SMILES string of the molecule is CN(C)c1ccc(C(=O)/C=C/c2ccc(O)c(Br)c2)cc1. The maximum Gasteiger partial charge on any atom is 0.185 e. The molecule has 0 saturated carbocycles. The largest absolute Gasteiger partial charge is 0.507 e. The second-order valence-electron chi connectivity index (χ2n) is 4.85. The van der Waals surface area contributed by atoms with Gasteiger partial charge < -0.3 is 10.0 Å². The zero-order valence-corrected chi connectivity index (χ0v) is 13.5. The maximum absolute atomic E-state index is 12.1. The molecule has 108 valence electrons. The summed E-state index contributed by atoms with van der Waals surface area (Å²) in [7, 11) is 3.92. The summed E-state index contributed by atoms with van der Waals surface area (Å²) in [6.07, 6.45) is 3.26. The molecule has 0 radical (unpaired) electrons. The maximum atomic E-state index is 12.1. The molecule has 0 aliphatic carbocycles. The lowest BCUT2D eigenvalue weighted by atomic mass is 10.1. The van der Waals surface area contributed by atoms with Gasteiger partial charge in [-0.3, -0.25) is 4.79 Å². The number of allylic oxidation sites excluding steroid dienone is 1. The molecule has 1 N–H and O–H groups in total. The summed E-state index contributed by atoms with van der Waals surface area (Å²) in [5.41, 5.74) is 2.55. The van der Waals surface area contributed by atoms with Gasteiger partial charge in [-0.05, 0) is 64.0 Å². The topological polar surface area (TPSA) is 40.5 Å². The van der Waals surface area contributed by atoms with E-state index in [1.807, 2.05) is 43.3 Å². The van der Waals surface area contributed by atoms with Gasteiger partial charge in [0, 0.05) is 25.3 Å². The first-order valence-electron chi connectivity index (χ1n) is 6.45. The van der Waals surface area contributed by atoms with E-state index in [4.69, 9.17) is 0 Å². The van der Waals surface area contributed by atoms with Crippen molar-refractivity contribution in [2.24, 2.45) is 0 Å². The van der Waals surface area contributed by atoms with Crippen molar-refractivity contribution in [3.63, 3.8) is 0 Å². The Morgan fingerprint density at radius 2 is 1.81 bits per heavy atom. The highest BCUT2D eigenvalue weighted by atomic mass is 79.9. The molecule has 0 aromatic heterocycles. The van der Waals surface area contributed by atoms with E-state index >= 15 is 0 Å². The summed E-state index contributed by atoms with van der Waals surface area (Å²) in [6, 6.07) is 12.5. The van der Waals surface area contributed by atoms with Gasteiger partial charge in [-0.15, -0.1) is 0 Å². The standard InChI is InChI=1S/C17H16BrNO2/c1-19(2)14-7-5-13(6-8-14)16(20)9-3-12-4-10-17(21)15(18)11-12/h3-11,21H,1-2H3/b9-3+. The lowest BCUT2D eigenvalue weighted by molar-refractivity contribution is 0.104. The number of halogens is 1. The summed E-state index contributed by atoms with van der Waals surface area (Å²) in [6.45, 7) is 0. The number of carbonyl (C=O) groups excluding carboxylic acids is 1. The van der Waals surface area contributed by atoms with Gasteiger partial charge >= 0.3 is 0 Å². The van der Waals surface area contributed by atoms with E-state index in [0.29, 0.717) is 10.0 Å². The van der Waals surface area contributed by atoms with Crippen LogP contribution in [0.15, 0.2) is 53.0 Å². The van der Waals surface area contributed by atoms with E-state index in [-0.39, 0.29) is 11.5 Å². The Bertz CT molecular complexity index is 676. The van der Waals surface area contributed by atoms with Crippen LogP contribution in [-0.2, 0) is 0 Å². The number of hydrogen-bond acceptors (Lipinski definition) is 3.